The number of hydrogen-bond donors (Lipinski definition) is 3. The Bertz CT molecular complexity index is 1390. The molecule has 3 heterocycles. The third-order valence-corrected chi connectivity index (χ3v) is 7.83. The number of benzene rings is 1. The van der Waals surface area contributed by atoms with Crippen molar-refractivity contribution in [3.63, 3.8) is 0 Å². The van der Waals surface area contributed by atoms with E-state index in [1.807, 2.05) is 13.8 Å². The van der Waals surface area contributed by atoms with Crippen molar-refractivity contribution in [3.05, 3.63) is 43.0 Å². The number of nitrogens with zero attached hydrogens (tertiary/aromatic N) is 4. The summed E-state index contributed by atoms with van der Waals surface area (Å²) in [4.78, 5) is 25.2. The molecule has 6 atom stereocenters. The monoisotopic (exact) mass is 594 g/mol. The predicted octanol–water partition coefficient (Wildman–Crippen LogP) is 3.77. The molecule has 0 amide bonds. The number of anilines is 1. The van der Waals surface area contributed by atoms with Crippen LogP contribution in [-0.2, 0) is 23.4 Å². The lowest BCUT2D eigenvalue weighted by Crippen LogP contribution is -2.41. The first-order valence-electron chi connectivity index (χ1n) is 13.2. The molecule has 15 heteroatoms. The molecule has 0 spiro atoms. The Kier molecular flexibility index (Phi) is 9.29. The molecule has 41 heavy (non-hydrogen) atoms. The number of aliphatic hydroxyl groups is 1. The molecule has 0 bridgehead atoms. The van der Waals surface area contributed by atoms with Gasteiger partial charge in [0.2, 0.25) is 0 Å². The number of imidazole rings is 1. The van der Waals surface area contributed by atoms with E-state index in [0.717, 1.165) is 0 Å². The van der Waals surface area contributed by atoms with Gasteiger partial charge in [0.15, 0.2) is 28.9 Å². The average Bonchev–Trinajstić information content (AvgIpc) is 3.41. The highest BCUT2D eigenvalue weighted by molar-refractivity contribution is 7.52. The molecule has 4 rings (SSSR count). The van der Waals surface area contributed by atoms with Gasteiger partial charge in [0.25, 0.3) is 0 Å². The van der Waals surface area contributed by atoms with Crippen molar-refractivity contribution < 1.29 is 37.4 Å². The number of fused-ring (bicyclic) bond motifs is 1. The molecule has 0 saturated carbocycles. The van der Waals surface area contributed by atoms with Crippen LogP contribution in [0.15, 0.2) is 43.0 Å². The third-order valence-electron chi connectivity index (χ3n) is 6.19. The van der Waals surface area contributed by atoms with E-state index in [2.05, 4.69) is 25.4 Å². The fourth-order valence-electron chi connectivity index (χ4n) is 4.26. The second kappa shape index (κ2) is 12.4. The maximum absolute atomic E-state index is 16.0. The molecule has 2 aromatic heterocycles. The Balaban J connectivity index is 1.55. The van der Waals surface area contributed by atoms with E-state index in [4.69, 9.17) is 18.5 Å². The van der Waals surface area contributed by atoms with Crippen LogP contribution in [0.25, 0.3) is 11.2 Å². The van der Waals surface area contributed by atoms with Gasteiger partial charge in [-0.1, -0.05) is 18.2 Å². The van der Waals surface area contributed by atoms with Crippen LogP contribution < -0.4 is 14.9 Å². The Morgan fingerprint density at radius 3 is 2.56 bits per heavy atom. The van der Waals surface area contributed by atoms with Gasteiger partial charge in [-0.2, -0.15) is 5.09 Å². The van der Waals surface area contributed by atoms with Gasteiger partial charge < -0.3 is 24.4 Å². The Morgan fingerprint density at radius 2 is 1.90 bits per heavy atom. The van der Waals surface area contributed by atoms with Crippen molar-refractivity contribution in [1.82, 2.24) is 24.6 Å². The number of carbonyl (C=O) groups excluding carboxylic acids is 1. The van der Waals surface area contributed by atoms with E-state index >= 15 is 4.39 Å². The number of aromatic nitrogens is 4. The van der Waals surface area contributed by atoms with Crippen molar-refractivity contribution in [2.24, 2.45) is 0 Å². The fourth-order valence-corrected chi connectivity index (χ4v) is 5.76. The molecule has 13 nitrogen and oxygen atoms in total. The minimum atomic E-state index is -4.27. The lowest BCUT2D eigenvalue weighted by atomic mass is 9.98. The summed E-state index contributed by atoms with van der Waals surface area (Å²) in [5, 5.41) is 16.6. The molecular formula is C26H36FN6O7P. The molecule has 0 radical (unpaired) electrons. The van der Waals surface area contributed by atoms with Crippen LogP contribution in [0.5, 0.6) is 5.75 Å². The molecular weight excluding hydrogens is 558 g/mol. The molecule has 1 aliphatic heterocycles. The normalized spacial score (nSPS) is 24.9. The predicted molar refractivity (Wildman–Crippen MR) is 148 cm³/mol. The van der Waals surface area contributed by atoms with Crippen LogP contribution in [-0.4, -0.2) is 73.3 Å². The zero-order chi connectivity index (χ0) is 29.9. The fraction of sp³-hybridized carbons (Fsp3) is 0.538. The van der Waals surface area contributed by atoms with Gasteiger partial charge in [0, 0.05) is 6.04 Å². The summed E-state index contributed by atoms with van der Waals surface area (Å²) in [6.45, 7) is 9.33. The molecule has 1 fully saturated rings. The molecule has 1 aliphatic rings. The highest BCUT2D eigenvalue weighted by atomic mass is 31.2. The van der Waals surface area contributed by atoms with E-state index in [9.17, 15) is 14.5 Å². The van der Waals surface area contributed by atoms with Crippen LogP contribution >= 0.6 is 7.75 Å². The van der Waals surface area contributed by atoms with Crippen LogP contribution in [0, 0.1) is 0 Å². The summed E-state index contributed by atoms with van der Waals surface area (Å²) in [5.74, 6) is -0.00324. The Morgan fingerprint density at radius 1 is 1.20 bits per heavy atom. The van der Waals surface area contributed by atoms with Crippen molar-refractivity contribution in [2.45, 2.75) is 83.8 Å². The molecule has 3 N–H and O–H groups in total. The van der Waals surface area contributed by atoms with Crippen molar-refractivity contribution in [1.29, 1.82) is 0 Å². The first-order chi connectivity index (χ1) is 19.3. The number of nitrogens with one attached hydrogen (secondary N) is 2. The van der Waals surface area contributed by atoms with Gasteiger partial charge >= 0.3 is 13.7 Å². The average molecular weight is 595 g/mol. The summed E-state index contributed by atoms with van der Waals surface area (Å²) < 4.78 is 53.5. The van der Waals surface area contributed by atoms with Gasteiger partial charge in [-0.05, 0) is 53.7 Å². The molecule has 0 aliphatic carbocycles. The number of halogens is 1. The number of aliphatic hydroxyl groups excluding tert-OH is 1. The topological polar surface area (TPSA) is 159 Å². The smallest absolute Gasteiger partial charge is 0.459 e. The van der Waals surface area contributed by atoms with E-state index in [0.29, 0.717) is 17.0 Å². The maximum Gasteiger partial charge on any atom is 0.459 e. The number of esters is 1. The minimum Gasteiger partial charge on any atom is -0.462 e. The van der Waals surface area contributed by atoms with Crippen molar-refractivity contribution in [3.8, 4) is 5.75 Å². The largest absolute Gasteiger partial charge is 0.462 e. The molecule has 1 saturated heterocycles. The quantitative estimate of drug-likeness (QED) is 0.206. The van der Waals surface area contributed by atoms with Crippen molar-refractivity contribution >= 4 is 30.7 Å². The number of ether oxygens (including phenoxy) is 2. The van der Waals surface area contributed by atoms with Crippen LogP contribution in [0.2, 0.25) is 0 Å². The standard InChI is InChI=1S/C26H36FN6O7P/c1-15(2)31-22-20-23(29-13-28-22)33(14-30-20)25-26(6,27)21(34)19(39-25)12-37-41(36,40-18-10-8-7-9-11-18)32-17(5)24(35)38-16(3)4/h7-11,13-17,19,21,25,34H,12H2,1-6H3,(H,32,36)(H,28,29,31)/t17-,19+,21+,25+,26+,41-/m0/s1. The van der Waals surface area contributed by atoms with Gasteiger partial charge in [0.05, 0.1) is 19.0 Å². The van der Waals surface area contributed by atoms with Crippen molar-refractivity contribution in [2.75, 3.05) is 11.9 Å². The minimum absolute atomic E-state index is 0.0631. The SMILES string of the molecule is CC(C)Nc1ncnc2c1ncn2[C@@H]1O[C@H](CO[P@@](=O)(N[C@@H](C)C(=O)OC(C)C)Oc2ccccc2)[C@@H](O)[C@@]1(C)F. The Hall–Kier alpha value is -3.16. The number of alkyl halides is 1. The number of rotatable bonds is 12. The maximum atomic E-state index is 16.0. The second-order valence-electron chi connectivity index (χ2n) is 10.5. The summed E-state index contributed by atoms with van der Waals surface area (Å²) in [6.07, 6.45) is -2.02. The first-order valence-corrected chi connectivity index (χ1v) is 14.8. The van der Waals surface area contributed by atoms with Crippen LogP contribution in [0.1, 0.15) is 47.8 Å². The molecule has 0 unspecified atom stereocenters. The highest BCUT2D eigenvalue weighted by Crippen LogP contribution is 2.48. The van der Waals surface area contributed by atoms with E-state index in [1.54, 1.807) is 44.2 Å². The summed E-state index contributed by atoms with van der Waals surface area (Å²) >= 11 is 0. The Labute approximate surface area is 237 Å². The third kappa shape index (κ3) is 7.02. The van der Waals surface area contributed by atoms with E-state index in [-0.39, 0.29) is 11.8 Å². The molecule has 3 aromatic rings. The first kappa shape index (κ1) is 30.8. The summed E-state index contributed by atoms with van der Waals surface area (Å²) in [6, 6.07) is 7.17. The zero-order valence-corrected chi connectivity index (χ0v) is 24.6. The van der Waals surface area contributed by atoms with Gasteiger partial charge in [0.1, 0.15) is 30.3 Å². The summed E-state index contributed by atoms with van der Waals surface area (Å²) in [7, 11) is -4.27. The molecule has 1 aromatic carbocycles. The van der Waals surface area contributed by atoms with Crippen LogP contribution in [0.4, 0.5) is 10.2 Å². The second-order valence-corrected chi connectivity index (χ2v) is 12.2. The number of para-hydroxylation sites is 1. The zero-order valence-electron chi connectivity index (χ0n) is 23.7. The number of hydrogen-bond acceptors (Lipinski definition) is 11. The number of carbonyl (C=O) groups is 1. The van der Waals surface area contributed by atoms with E-state index in [1.165, 1.54) is 31.1 Å². The van der Waals surface area contributed by atoms with Gasteiger partial charge in [-0.25, -0.2) is 23.9 Å². The highest BCUT2D eigenvalue weighted by Gasteiger charge is 2.56. The van der Waals surface area contributed by atoms with Crippen LogP contribution in [0.3, 0.4) is 0 Å². The lowest BCUT2D eigenvalue weighted by molar-refractivity contribution is -0.149. The van der Waals surface area contributed by atoms with Gasteiger partial charge in [-0.15, -0.1) is 0 Å². The molecule has 224 valence electrons. The van der Waals surface area contributed by atoms with Gasteiger partial charge in [-0.3, -0.25) is 13.9 Å². The van der Waals surface area contributed by atoms with E-state index < -0.39 is 56.6 Å². The lowest BCUT2D eigenvalue weighted by Gasteiger charge is -2.25. The summed E-state index contributed by atoms with van der Waals surface area (Å²) in [5.41, 5.74) is -1.62.